The normalized spacial score (nSPS) is 22.3. The molecule has 2 aromatic rings. The van der Waals surface area contributed by atoms with E-state index in [2.05, 4.69) is 0 Å². The van der Waals surface area contributed by atoms with Gasteiger partial charge in [0.1, 0.15) is 18.0 Å². The number of benzene rings is 2. The van der Waals surface area contributed by atoms with Gasteiger partial charge in [-0.25, -0.2) is 0 Å². The lowest BCUT2D eigenvalue weighted by Crippen LogP contribution is -2.32. The molecule has 0 radical (unpaired) electrons. The number of likely N-dealkylation sites (tertiary alicyclic amines) is 1. The van der Waals surface area contributed by atoms with Crippen molar-refractivity contribution >= 4 is 17.3 Å². The molecule has 0 spiro atoms. The van der Waals surface area contributed by atoms with Crippen LogP contribution in [0.25, 0.3) is 0 Å². The van der Waals surface area contributed by atoms with Crippen molar-refractivity contribution < 1.29 is 18.8 Å². The highest BCUT2D eigenvalue weighted by molar-refractivity contribution is 7.88. The number of rotatable bonds is 7. The van der Waals surface area contributed by atoms with Crippen LogP contribution >= 0.6 is 0 Å². The van der Waals surface area contributed by atoms with E-state index in [9.17, 15) is 9.35 Å². The molecule has 3 atom stereocenters. The summed E-state index contributed by atoms with van der Waals surface area (Å²) in [6.45, 7) is 6.73. The first-order valence-electron chi connectivity index (χ1n) is 11.2. The van der Waals surface area contributed by atoms with E-state index in [0.717, 1.165) is 48.2 Å². The Morgan fingerprint density at radius 3 is 2.59 bits per heavy atom. The molecule has 2 aliphatic rings. The Balaban J connectivity index is 1.42. The fraction of sp³-hybridized carbons (Fsp3) is 0.480. The highest BCUT2D eigenvalue weighted by Crippen LogP contribution is 2.25. The second-order valence-corrected chi connectivity index (χ2v) is 10.2. The standard InChI is InChI=1S/C25H32N2O4S/c1-18-9-10-19(2)22(13-18)25(28)26-15-23(30-3)24(16-26)31-21-8-6-7-20(14-21)17-32(29)27-11-4-5-12-27/h6-10,13-14,23-24H,4-5,11-12,15-17H2,1-3H3. The van der Waals surface area contributed by atoms with Gasteiger partial charge in [0.25, 0.3) is 5.91 Å². The maximum Gasteiger partial charge on any atom is 0.254 e. The van der Waals surface area contributed by atoms with E-state index in [4.69, 9.17) is 9.47 Å². The molecular weight excluding hydrogens is 424 g/mol. The van der Waals surface area contributed by atoms with Gasteiger partial charge in [0.2, 0.25) is 0 Å². The van der Waals surface area contributed by atoms with Crippen LogP contribution in [0.15, 0.2) is 42.5 Å². The number of hydrogen-bond donors (Lipinski definition) is 0. The van der Waals surface area contributed by atoms with Crippen molar-refractivity contribution in [2.24, 2.45) is 0 Å². The van der Waals surface area contributed by atoms with Gasteiger partial charge < -0.3 is 18.9 Å². The van der Waals surface area contributed by atoms with E-state index in [-0.39, 0.29) is 18.1 Å². The molecule has 2 heterocycles. The number of amides is 1. The van der Waals surface area contributed by atoms with Crippen LogP contribution in [-0.4, -0.2) is 65.2 Å². The topological polar surface area (TPSA) is 65.1 Å². The summed E-state index contributed by atoms with van der Waals surface area (Å²) in [7, 11) is 1.66. The Hall–Kier alpha value is -2.06. The van der Waals surface area contributed by atoms with Crippen molar-refractivity contribution in [3.8, 4) is 5.75 Å². The van der Waals surface area contributed by atoms with Crippen molar-refractivity contribution in [1.29, 1.82) is 0 Å². The van der Waals surface area contributed by atoms with Crippen LogP contribution in [0.2, 0.25) is 0 Å². The fourth-order valence-corrected chi connectivity index (χ4v) is 5.71. The van der Waals surface area contributed by atoms with Gasteiger partial charge >= 0.3 is 0 Å². The monoisotopic (exact) mass is 456 g/mol. The zero-order chi connectivity index (χ0) is 22.7. The van der Waals surface area contributed by atoms with Crippen LogP contribution in [-0.2, 0) is 21.9 Å². The van der Waals surface area contributed by atoms with Crippen LogP contribution in [0.5, 0.6) is 5.75 Å². The van der Waals surface area contributed by atoms with E-state index < -0.39 is 11.4 Å². The van der Waals surface area contributed by atoms with Crippen molar-refractivity contribution in [1.82, 2.24) is 9.21 Å². The summed E-state index contributed by atoms with van der Waals surface area (Å²) in [5, 5.41) is 0. The van der Waals surface area contributed by atoms with Gasteiger partial charge in [0, 0.05) is 42.7 Å². The Bertz CT molecular complexity index is 947. The van der Waals surface area contributed by atoms with Crippen LogP contribution in [0.4, 0.5) is 0 Å². The third-order valence-electron chi connectivity index (χ3n) is 6.26. The smallest absolute Gasteiger partial charge is 0.254 e. The van der Waals surface area contributed by atoms with Crippen molar-refractivity contribution in [3.05, 3.63) is 64.7 Å². The number of carbonyl (C=O) groups excluding carboxylic acids is 1. The molecule has 32 heavy (non-hydrogen) atoms. The number of nitrogens with zero attached hydrogens (tertiary/aromatic N) is 2. The Labute approximate surface area is 193 Å². The zero-order valence-electron chi connectivity index (χ0n) is 19.1. The average molecular weight is 457 g/mol. The summed E-state index contributed by atoms with van der Waals surface area (Å²) in [5.74, 6) is 1.22. The number of carbonyl (C=O) groups is 1. The first kappa shape index (κ1) is 23.1. The molecule has 4 rings (SSSR count). The van der Waals surface area contributed by atoms with Gasteiger partial charge in [-0.15, -0.1) is 4.31 Å². The largest absolute Gasteiger partial charge is 0.598 e. The van der Waals surface area contributed by atoms with E-state index in [0.29, 0.717) is 24.6 Å². The number of aryl methyl sites for hydroxylation is 2. The fourth-order valence-electron chi connectivity index (χ4n) is 4.39. The summed E-state index contributed by atoms with van der Waals surface area (Å²) >= 11 is -1.00. The Morgan fingerprint density at radius 2 is 1.84 bits per heavy atom. The maximum absolute atomic E-state index is 13.2. The second-order valence-electron chi connectivity index (χ2n) is 8.71. The lowest BCUT2D eigenvalue weighted by molar-refractivity contribution is 0.0339. The summed E-state index contributed by atoms with van der Waals surface area (Å²) in [6, 6.07) is 13.7. The Kier molecular flexibility index (Phi) is 7.40. The van der Waals surface area contributed by atoms with Crippen LogP contribution in [0.1, 0.15) is 39.9 Å². The van der Waals surface area contributed by atoms with Gasteiger partial charge in [-0.05, 0) is 50.5 Å². The maximum atomic E-state index is 13.2. The predicted octanol–water partition coefficient (Wildman–Crippen LogP) is 3.48. The second kappa shape index (κ2) is 10.3. The van der Waals surface area contributed by atoms with E-state index in [1.807, 2.05) is 65.5 Å². The molecule has 0 bridgehead atoms. The van der Waals surface area contributed by atoms with Gasteiger partial charge in [0.15, 0.2) is 5.75 Å². The average Bonchev–Trinajstić information content (AvgIpc) is 3.45. The highest BCUT2D eigenvalue weighted by Gasteiger charge is 2.38. The molecule has 172 valence electrons. The van der Waals surface area contributed by atoms with Crippen molar-refractivity contribution in [3.63, 3.8) is 0 Å². The minimum atomic E-state index is -1.00. The van der Waals surface area contributed by atoms with Crippen molar-refractivity contribution in [2.45, 2.75) is 44.6 Å². The number of methoxy groups -OCH3 is 1. The summed E-state index contributed by atoms with van der Waals surface area (Å²) in [5.41, 5.74) is 3.75. The molecule has 7 heteroatoms. The van der Waals surface area contributed by atoms with E-state index in [1.165, 1.54) is 0 Å². The molecule has 2 aromatic carbocycles. The van der Waals surface area contributed by atoms with Crippen molar-refractivity contribution in [2.75, 3.05) is 33.3 Å². The van der Waals surface area contributed by atoms with Gasteiger partial charge in [-0.1, -0.05) is 29.8 Å². The molecular formula is C25H32N2O4S. The molecule has 6 nitrogen and oxygen atoms in total. The lowest BCUT2D eigenvalue weighted by Gasteiger charge is -2.21. The van der Waals surface area contributed by atoms with Gasteiger partial charge in [-0.2, -0.15) is 0 Å². The molecule has 2 aliphatic heterocycles. The van der Waals surface area contributed by atoms with Crippen LogP contribution < -0.4 is 4.74 Å². The van der Waals surface area contributed by atoms with Crippen LogP contribution in [0.3, 0.4) is 0 Å². The molecule has 0 aliphatic carbocycles. The molecule has 0 saturated carbocycles. The first-order chi connectivity index (χ1) is 15.4. The van der Waals surface area contributed by atoms with Gasteiger partial charge in [-0.3, -0.25) is 4.79 Å². The number of hydrogen-bond acceptors (Lipinski definition) is 5. The Morgan fingerprint density at radius 1 is 1.09 bits per heavy atom. The van der Waals surface area contributed by atoms with E-state index in [1.54, 1.807) is 7.11 Å². The third-order valence-corrected chi connectivity index (χ3v) is 7.78. The molecule has 0 aromatic heterocycles. The zero-order valence-corrected chi connectivity index (χ0v) is 19.9. The SMILES string of the molecule is COC1CN(C(=O)c2cc(C)ccc2C)CC1Oc1cccc(C[S+]([O-])N2CCCC2)c1. The summed E-state index contributed by atoms with van der Waals surface area (Å²) in [4.78, 5) is 15.0. The van der Waals surface area contributed by atoms with Crippen LogP contribution in [0, 0.1) is 13.8 Å². The molecule has 3 unspecified atom stereocenters. The molecule has 0 N–H and O–H groups in total. The minimum Gasteiger partial charge on any atom is -0.598 e. The molecule has 2 fully saturated rings. The highest BCUT2D eigenvalue weighted by atomic mass is 32.2. The lowest BCUT2D eigenvalue weighted by atomic mass is 10.0. The minimum absolute atomic E-state index is 0.00844. The predicted molar refractivity (Wildman–Crippen MR) is 126 cm³/mol. The summed E-state index contributed by atoms with van der Waals surface area (Å²) in [6.07, 6.45) is 1.78. The first-order valence-corrected chi connectivity index (χ1v) is 12.5. The quantitative estimate of drug-likeness (QED) is 0.597. The van der Waals surface area contributed by atoms with Gasteiger partial charge in [0.05, 0.1) is 13.1 Å². The molecule has 1 amide bonds. The van der Waals surface area contributed by atoms with E-state index >= 15 is 0 Å². The number of ether oxygens (including phenoxy) is 2. The third kappa shape index (κ3) is 5.29. The summed E-state index contributed by atoms with van der Waals surface area (Å²) < 4.78 is 26.6. The molecule has 2 saturated heterocycles.